The number of urea groups is 1. The number of imidazole rings is 1. The van der Waals surface area contributed by atoms with Crippen LogP contribution in [0.1, 0.15) is 29.9 Å². The van der Waals surface area contributed by atoms with Gasteiger partial charge in [0.05, 0.1) is 19.1 Å². The van der Waals surface area contributed by atoms with Crippen LogP contribution in [0.15, 0.2) is 24.5 Å². The van der Waals surface area contributed by atoms with Gasteiger partial charge in [-0.05, 0) is 19.1 Å². The van der Waals surface area contributed by atoms with Crippen molar-refractivity contribution in [1.29, 1.82) is 0 Å². The lowest BCUT2D eigenvalue weighted by Gasteiger charge is -2.35. The number of aromatic amines is 1. The second-order valence-corrected chi connectivity index (χ2v) is 6.41. The Morgan fingerprint density at radius 2 is 2.27 bits per heavy atom. The fourth-order valence-electron chi connectivity index (χ4n) is 3.04. The second kappa shape index (κ2) is 7.33. The first-order chi connectivity index (χ1) is 12.4. The lowest BCUT2D eigenvalue weighted by molar-refractivity contribution is -0.142. The average molecular weight is 381 g/mol. The number of ether oxygens (including phenoxy) is 1. The molecule has 0 bridgehead atoms. The van der Waals surface area contributed by atoms with Gasteiger partial charge in [0.15, 0.2) is 0 Å². The molecule has 2 amide bonds. The number of rotatable bonds is 3. The number of fused-ring (bicyclic) bond motifs is 1. The monoisotopic (exact) mass is 380 g/mol. The van der Waals surface area contributed by atoms with E-state index in [1.165, 1.54) is 37.4 Å². The Hall–Kier alpha value is -2.61. The molecule has 0 radical (unpaired) electrons. The predicted octanol–water partition coefficient (Wildman–Crippen LogP) is 2.42. The zero-order valence-electron chi connectivity index (χ0n) is 14.3. The number of carbonyl (C=O) groups is 2. The van der Waals surface area contributed by atoms with Crippen molar-refractivity contribution in [3.63, 3.8) is 0 Å². The summed E-state index contributed by atoms with van der Waals surface area (Å²) in [6.45, 7) is 1.85. The van der Waals surface area contributed by atoms with E-state index in [-0.39, 0.29) is 10.6 Å². The molecular weight excluding hydrogens is 363 g/mol. The van der Waals surface area contributed by atoms with Gasteiger partial charge in [-0.1, -0.05) is 17.7 Å². The summed E-state index contributed by atoms with van der Waals surface area (Å²) in [5, 5.41) is 2.84. The van der Waals surface area contributed by atoms with Crippen LogP contribution in [0.25, 0.3) is 0 Å². The largest absolute Gasteiger partial charge is 0.467 e. The van der Waals surface area contributed by atoms with Gasteiger partial charge >= 0.3 is 12.0 Å². The summed E-state index contributed by atoms with van der Waals surface area (Å²) in [5.74, 6) is -1.10. The first-order valence-corrected chi connectivity index (χ1v) is 8.42. The normalized spacial score (nSPS) is 17.4. The molecule has 1 aromatic heterocycles. The molecule has 138 valence electrons. The van der Waals surface area contributed by atoms with Crippen molar-refractivity contribution in [2.75, 3.05) is 13.7 Å². The van der Waals surface area contributed by atoms with Crippen LogP contribution in [0.2, 0.25) is 5.02 Å². The quantitative estimate of drug-likeness (QED) is 0.800. The van der Waals surface area contributed by atoms with E-state index >= 15 is 0 Å². The fourth-order valence-corrected chi connectivity index (χ4v) is 3.20. The van der Waals surface area contributed by atoms with Crippen molar-refractivity contribution in [3.8, 4) is 0 Å². The van der Waals surface area contributed by atoms with Gasteiger partial charge in [0, 0.05) is 29.2 Å². The van der Waals surface area contributed by atoms with Crippen LogP contribution in [-0.4, -0.2) is 46.6 Å². The van der Waals surface area contributed by atoms with Crippen molar-refractivity contribution >= 4 is 23.6 Å². The molecule has 1 aromatic carbocycles. The maximum absolute atomic E-state index is 14.6. The zero-order valence-corrected chi connectivity index (χ0v) is 15.0. The summed E-state index contributed by atoms with van der Waals surface area (Å²) in [6, 6.07) is 2.24. The first-order valence-electron chi connectivity index (χ1n) is 8.04. The molecule has 2 heterocycles. The number of halogens is 2. The molecule has 2 aromatic rings. The Morgan fingerprint density at radius 3 is 2.96 bits per heavy atom. The number of hydrogen-bond donors (Lipinski definition) is 2. The van der Waals surface area contributed by atoms with Crippen molar-refractivity contribution in [1.82, 2.24) is 20.2 Å². The van der Waals surface area contributed by atoms with Crippen molar-refractivity contribution in [3.05, 3.63) is 52.3 Å². The van der Waals surface area contributed by atoms with Crippen molar-refractivity contribution in [2.24, 2.45) is 0 Å². The molecule has 7 nitrogen and oxygen atoms in total. The number of esters is 1. The summed E-state index contributed by atoms with van der Waals surface area (Å²) in [4.78, 5) is 33.1. The fraction of sp³-hybridized carbons (Fsp3) is 0.353. The van der Waals surface area contributed by atoms with Crippen LogP contribution in [0, 0.1) is 5.82 Å². The van der Waals surface area contributed by atoms with Crippen molar-refractivity contribution < 1.29 is 18.7 Å². The van der Waals surface area contributed by atoms with E-state index < -0.39 is 29.9 Å². The van der Waals surface area contributed by atoms with Gasteiger partial charge in [-0.2, -0.15) is 0 Å². The topological polar surface area (TPSA) is 87.3 Å². The smallest absolute Gasteiger partial charge is 0.328 e. The Bertz CT molecular complexity index is 841. The Morgan fingerprint density at radius 1 is 1.50 bits per heavy atom. The van der Waals surface area contributed by atoms with Gasteiger partial charge in [-0.25, -0.2) is 19.0 Å². The summed E-state index contributed by atoms with van der Waals surface area (Å²) in [5.41, 5.74) is 1.69. The van der Waals surface area contributed by atoms with Crippen molar-refractivity contribution in [2.45, 2.75) is 25.4 Å². The summed E-state index contributed by atoms with van der Waals surface area (Å²) in [7, 11) is 1.24. The highest BCUT2D eigenvalue weighted by Crippen LogP contribution is 2.35. The summed E-state index contributed by atoms with van der Waals surface area (Å²) < 4.78 is 19.2. The van der Waals surface area contributed by atoms with Gasteiger partial charge in [0.25, 0.3) is 0 Å². The third-order valence-electron chi connectivity index (χ3n) is 4.34. The number of nitrogens with zero attached hydrogens (tertiary/aromatic N) is 2. The van der Waals surface area contributed by atoms with Gasteiger partial charge in [0.1, 0.15) is 17.9 Å². The second-order valence-electron chi connectivity index (χ2n) is 5.97. The molecule has 0 spiro atoms. The molecule has 0 saturated carbocycles. The zero-order chi connectivity index (χ0) is 18.8. The van der Waals surface area contributed by atoms with Crippen LogP contribution < -0.4 is 5.32 Å². The van der Waals surface area contributed by atoms with Gasteiger partial charge in [-0.3, -0.25) is 0 Å². The predicted molar refractivity (Wildman–Crippen MR) is 92.3 cm³/mol. The number of hydrogen-bond acceptors (Lipinski definition) is 4. The highest BCUT2D eigenvalue weighted by molar-refractivity contribution is 6.30. The third-order valence-corrected chi connectivity index (χ3v) is 4.57. The van der Waals surface area contributed by atoms with E-state index in [1.54, 1.807) is 6.07 Å². The molecule has 0 fully saturated rings. The third kappa shape index (κ3) is 3.37. The minimum absolute atomic E-state index is 0.264. The van der Waals surface area contributed by atoms with E-state index in [9.17, 15) is 14.0 Å². The highest BCUT2D eigenvalue weighted by Gasteiger charge is 2.36. The van der Waals surface area contributed by atoms with Crippen LogP contribution in [0.5, 0.6) is 0 Å². The molecule has 9 heteroatoms. The van der Waals surface area contributed by atoms with E-state index in [4.69, 9.17) is 11.6 Å². The van der Waals surface area contributed by atoms with E-state index in [0.717, 1.165) is 5.69 Å². The molecule has 0 unspecified atom stereocenters. The highest BCUT2D eigenvalue weighted by atomic mass is 35.5. The van der Waals surface area contributed by atoms with E-state index in [2.05, 4.69) is 20.0 Å². The molecule has 1 aliphatic rings. The van der Waals surface area contributed by atoms with Gasteiger partial charge < -0.3 is 19.9 Å². The minimum Gasteiger partial charge on any atom is -0.467 e. The number of benzene rings is 1. The molecule has 2 N–H and O–H groups in total. The van der Waals surface area contributed by atoms with Crippen LogP contribution >= 0.6 is 11.6 Å². The number of carbonyl (C=O) groups excluding carboxylic acids is 2. The van der Waals surface area contributed by atoms with Gasteiger partial charge in [0.2, 0.25) is 0 Å². The summed E-state index contributed by atoms with van der Waals surface area (Å²) in [6.07, 6.45) is 2.06. The standard InChI is InChI=1S/C17H18ClFN4O3/c1-9(16(24)26-2)22-17(25)23-6-5-13-14(21-8-20-13)15(23)11-4-3-10(18)7-12(11)19/h3-4,7-9,15H,5-6H2,1-2H3,(H,20,21)(H,22,25)/t9-,15+/m1/s1. The first kappa shape index (κ1) is 18.2. The maximum Gasteiger partial charge on any atom is 0.328 e. The number of H-pyrrole nitrogens is 1. The van der Waals surface area contributed by atoms with Crippen LogP contribution in [0.3, 0.4) is 0 Å². The van der Waals surface area contributed by atoms with Crippen LogP contribution in [-0.2, 0) is 16.0 Å². The number of aromatic nitrogens is 2. The van der Waals surface area contributed by atoms with Crippen LogP contribution in [0.4, 0.5) is 9.18 Å². The molecule has 0 saturated heterocycles. The van der Waals surface area contributed by atoms with E-state index in [1.807, 2.05) is 0 Å². The Balaban J connectivity index is 1.96. The lowest BCUT2D eigenvalue weighted by Crippen LogP contribution is -2.50. The van der Waals surface area contributed by atoms with E-state index in [0.29, 0.717) is 18.7 Å². The molecule has 26 heavy (non-hydrogen) atoms. The number of methoxy groups -OCH3 is 1. The molecule has 2 atom stereocenters. The Kier molecular flexibility index (Phi) is 5.13. The number of nitrogens with one attached hydrogen (secondary N) is 2. The summed E-state index contributed by atoms with van der Waals surface area (Å²) >= 11 is 5.85. The Labute approximate surface area is 154 Å². The minimum atomic E-state index is -0.830. The molecule has 1 aliphatic heterocycles. The molecule has 0 aliphatic carbocycles. The molecular formula is C17H18ClFN4O3. The maximum atomic E-state index is 14.6. The lowest BCUT2D eigenvalue weighted by atomic mass is 9.95. The van der Waals surface area contributed by atoms with Gasteiger partial charge in [-0.15, -0.1) is 0 Å². The SMILES string of the molecule is COC(=O)[C@@H](C)NC(=O)N1CCc2[nH]cnc2[C@@H]1c1ccc(Cl)cc1F. The molecule has 3 rings (SSSR count). The average Bonchev–Trinajstić information content (AvgIpc) is 3.09. The number of amides is 2.